The number of anilines is 1. The molecule has 0 unspecified atom stereocenters. The standard InChI is InChI=1S/C15H12F5N3O/c16-9-3-1-2-8(6-9)7-10(24)21-4-5-22-13-11(17)14(19)23-15(20)12(13)18/h1-3,6H,4-5,7H2,(H,21,24)(H,22,23). The van der Waals surface area contributed by atoms with Crippen molar-refractivity contribution >= 4 is 11.6 Å². The van der Waals surface area contributed by atoms with Crippen molar-refractivity contribution in [2.45, 2.75) is 6.42 Å². The molecule has 1 heterocycles. The lowest BCUT2D eigenvalue weighted by molar-refractivity contribution is -0.120. The Kier molecular flexibility index (Phi) is 5.67. The van der Waals surface area contributed by atoms with Crippen molar-refractivity contribution in [3.05, 3.63) is 59.2 Å². The van der Waals surface area contributed by atoms with Crippen LogP contribution in [0.3, 0.4) is 0 Å². The van der Waals surface area contributed by atoms with Crippen molar-refractivity contribution in [2.24, 2.45) is 0 Å². The van der Waals surface area contributed by atoms with Crippen LogP contribution in [0.25, 0.3) is 0 Å². The van der Waals surface area contributed by atoms with Crippen LogP contribution < -0.4 is 10.6 Å². The SMILES string of the molecule is O=C(Cc1cccc(F)c1)NCCNc1c(F)c(F)nc(F)c1F. The largest absolute Gasteiger partial charge is 0.378 e. The molecule has 0 saturated carbocycles. The first-order valence-corrected chi connectivity index (χ1v) is 6.83. The molecule has 0 fully saturated rings. The fourth-order valence-electron chi connectivity index (χ4n) is 1.93. The molecule has 0 aliphatic carbocycles. The second kappa shape index (κ2) is 7.71. The predicted molar refractivity (Wildman–Crippen MR) is 75.7 cm³/mol. The molecule has 0 aliphatic rings. The van der Waals surface area contributed by atoms with E-state index in [1.807, 2.05) is 0 Å². The monoisotopic (exact) mass is 345 g/mol. The highest BCUT2D eigenvalue weighted by Crippen LogP contribution is 2.21. The van der Waals surface area contributed by atoms with Crippen LogP contribution in [-0.4, -0.2) is 24.0 Å². The molecule has 0 aliphatic heterocycles. The van der Waals surface area contributed by atoms with Gasteiger partial charge in [-0.1, -0.05) is 12.1 Å². The normalized spacial score (nSPS) is 10.5. The third kappa shape index (κ3) is 4.40. The molecule has 0 radical (unpaired) electrons. The summed E-state index contributed by atoms with van der Waals surface area (Å²) in [7, 11) is 0. The highest BCUT2D eigenvalue weighted by molar-refractivity contribution is 5.78. The molecule has 4 nitrogen and oxygen atoms in total. The number of benzene rings is 1. The van der Waals surface area contributed by atoms with E-state index >= 15 is 0 Å². The van der Waals surface area contributed by atoms with Gasteiger partial charge in [-0.05, 0) is 17.7 Å². The molecule has 24 heavy (non-hydrogen) atoms. The van der Waals surface area contributed by atoms with Crippen LogP contribution in [0.4, 0.5) is 27.6 Å². The van der Waals surface area contributed by atoms with Gasteiger partial charge >= 0.3 is 0 Å². The van der Waals surface area contributed by atoms with E-state index in [9.17, 15) is 26.7 Å². The predicted octanol–water partition coefficient (Wildman–Crippen LogP) is 2.55. The van der Waals surface area contributed by atoms with Crippen LogP contribution in [0, 0.1) is 29.3 Å². The van der Waals surface area contributed by atoms with Gasteiger partial charge in [0.15, 0.2) is 0 Å². The van der Waals surface area contributed by atoms with E-state index in [0.29, 0.717) is 5.56 Å². The molecule has 0 atom stereocenters. The van der Waals surface area contributed by atoms with Gasteiger partial charge in [-0.2, -0.15) is 22.5 Å². The van der Waals surface area contributed by atoms with Gasteiger partial charge in [0.05, 0.1) is 6.42 Å². The van der Waals surface area contributed by atoms with Crippen molar-refractivity contribution < 1.29 is 26.7 Å². The Hall–Kier alpha value is -2.71. The first kappa shape index (κ1) is 17.6. The lowest BCUT2D eigenvalue weighted by Crippen LogP contribution is -2.30. The van der Waals surface area contributed by atoms with E-state index in [0.717, 1.165) is 0 Å². The van der Waals surface area contributed by atoms with Crippen molar-refractivity contribution in [2.75, 3.05) is 18.4 Å². The lowest BCUT2D eigenvalue weighted by Gasteiger charge is -2.10. The number of hydrogen-bond donors (Lipinski definition) is 2. The van der Waals surface area contributed by atoms with E-state index in [1.54, 1.807) is 6.07 Å². The molecule has 0 spiro atoms. The molecular weight excluding hydrogens is 333 g/mol. The summed E-state index contributed by atoms with van der Waals surface area (Å²) in [6.45, 7) is -0.260. The molecule has 128 valence electrons. The van der Waals surface area contributed by atoms with Crippen LogP contribution in [0.1, 0.15) is 5.56 Å². The summed E-state index contributed by atoms with van der Waals surface area (Å²) in [5.74, 6) is -7.77. The summed E-state index contributed by atoms with van der Waals surface area (Å²) in [6.07, 6.45) is -0.0843. The van der Waals surface area contributed by atoms with E-state index < -0.39 is 40.9 Å². The fraction of sp³-hybridized carbons (Fsp3) is 0.200. The topological polar surface area (TPSA) is 54.0 Å². The number of nitrogens with one attached hydrogen (secondary N) is 2. The highest BCUT2D eigenvalue weighted by Gasteiger charge is 2.20. The van der Waals surface area contributed by atoms with Gasteiger partial charge in [-0.15, -0.1) is 0 Å². The van der Waals surface area contributed by atoms with E-state index in [4.69, 9.17) is 0 Å². The van der Waals surface area contributed by atoms with E-state index in [-0.39, 0.29) is 19.5 Å². The van der Waals surface area contributed by atoms with Gasteiger partial charge in [0.2, 0.25) is 17.5 Å². The Morgan fingerprint density at radius 3 is 2.29 bits per heavy atom. The Labute approximate surface area is 133 Å². The molecule has 1 amide bonds. The number of nitrogens with zero attached hydrogens (tertiary/aromatic N) is 1. The molecule has 1 aromatic heterocycles. The second-order valence-electron chi connectivity index (χ2n) is 4.78. The Morgan fingerprint density at radius 1 is 1.00 bits per heavy atom. The zero-order chi connectivity index (χ0) is 17.7. The molecule has 9 heteroatoms. The Morgan fingerprint density at radius 2 is 1.67 bits per heavy atom. The number of halogens is 5. The first-order chi connectivity index (χ1) is 11.4. The maximum Gasteiger partial charge on any atom is 0.253 e. The van der Waals surface area contributed by atoms with Crippen molar-refractivity contribution in [3.63, 3.8) is 0 Å². The number of aromatic nitrogens is 1. The quantitative estimate of drug-likeness (QED) is 0.481. The van der Waals surface area contributed by atoms with Crippen LogP contribution in [0.15, 0.2) is 24.3 Å². The first-order valence-electron chi connectivity index (χ1n) is 6.83. The molecule has 2 rings (SSSR count). The van der Waals surface area contributed by atoms with Crippen LogP contribution in [0.2, 0.25) is 0 Å². The number of pyridine rings is 1. The third-order valence-electron chi connectivity index (χ3n) is 3.00. The summed E-state index contributed by atoms with van der Waals surface area (Å²) < 4.78 is 65.4. The minimum atomic E-state index is -1.77. The van der Waals surface area contributed by atoms with E-state index in [2.05, 4.69) is 15.6 Å². The number of carbonyl (C=O) groups excluding carboxylic acids is 1. The number of carbonyl (C=O) groups is 1. The fourth-order valence-corrected chi connectivity index (χ4v) is 1.93. The number of amides is 1. The van der Waals surface area contributed by atoms with Gasteiger partial charge in [0.1, 0.15) is 11.5 Å². The second-order valence-corrected chi connectivity index (χ2v) is 4.78. The van der Waals surface area contributed by atoms with Gasteiger partial charge in [-0.3, -0.25) is 4.79 Å². The maximum atomic E-state index is 13.3. The summed E-state index contributed by atoms with van der Waals surface area (Å²) in [4.78, 5) is 14.1. The molecule has 2 aromatic rings. The Balaban J connectivity index is 1.84. The van der Waals surface area contributed by atoms with Crippen LogP contribution in [-0.2, 0) is 11.2 Å². The zero-order valence-corrected chi connectivity index (χ0v) is 12.2. The lowest BCUT2D eigenvalue weighted by atomic mass is 10.1. The molecule has 0 bridgehead atoms. The molecular formula is C15H12F5N3O. The van der Waals surface area contributed by atoms with Gasteiger partial charge in [0.25, 0.3) is 11.9 Å². The summed E-state index contributed by atoms with van der Waals surface area (Å²) >= 11 is 0. The Bertz CT molecular complexity index is 728. The van der Waals surface area contributed by atoms with Crippen LogP contribution >= 0.6 is 0 Å². The number of rotatable bonds is 6. The highest BCUT2D eigenvalue weighted by atomic mass is 19.2. The number of hydrogen-bond acceptors (Lipinski definition) is 3. The summed E-state index contributed by atoms with van der Waals surface area (Å²) in [5, 5.41) is 4.56. The van der Waals surface area contributed by atoms with Gasteiger partial charge in [0, 0.05) is 13.1 Å². The van der Waals surface area contributed by atoms with Gasteiger partial charge < -0.3 is 10.6 Å². The van der Waals surface area contributed by atoms with Crippen molar-refractivity contribution in [1.82, 2.24) is 10.3 Å². The van der Waals surface area contributed by atoms with Gasteiger partial charge in [-0.25, -0.2) is 4.39 Å². The smallest absolute Gasteiger partial charge is 0.253 e. The van der Waals surface area contributed by atoms with E-state index in [1.165, 1.54) is 18.2 Å². The molecule has 0 saturated heterocycles. The maximum absolute atomic E-state index is 13.3. The minimum Gasteiger partial charge on any atom is -0.378 e. The average Bonchev–Trinajstić information content (AvgIpc) is 2.52. The minimum absolute atomic E-state index is 0.0708. The zero-order valence-electron chi connectivity index (χ0n) is 12.2. The van der Waals surface area contributed by atoms with Crippen molar-refractivity contribution in [3.8, 4) is 0 Å². The summed E-state index contributed by atoms with van der Waals surface area (Å²) in [6, 6.07) is 5.46. The van der Waals surface area contributed by atoms with Crippen molar-refractivity contribution in [1.29, 1.82) is 0 Å². The third-order valence-corrected chi connectivity index (χ3v) is 3.00. The molecule has 1 aromatic carbocycles. The van der Waals surface area contributed by atoms with Crippen LogP contribution in [0.5, 0.6) is 0 Å². The average molecular weight is 345 g/mol. The molecule has 2 N–H and O–H groups in total. The summed E-state index contributed by atoms with van der Waals surface area (Å²) in [5.41, 5.74) is -0.546.